The quantitative estimate of drug-likeness (QED) is 0.815. The molecule has 2 saturated heterocycles. The molecule has 0 aromatic carbocycles. The van der Waals surface area contributed by atoms with E-state index in [1.807, 2.05) is 20.8 Å². The van der Waals surface area contributed by atoms with E-state index in [2.05, 4.69) is 9.97 Å². The number of amides is 4. The first-order valence-electron chi connectivity index (χ1n) is 9.12. The second-order valence-corrected chi connectivity index (χ2v) is 7.71. The number of likely N-dealkylation sites (N-methyl/N-ethyl adjacent to an activating group) is 1. The largest absolute Gasteiger partial charge is 0.348 e. The van der Waals surface area contributed by atoms with Crippen molar-refractivity contribution in [2.45, 2.75) is 45.6 Å². The van der Waals surface area contributed by atoms with Gasteiger partial charge < -0.3 is 14.8 Å². The van der Waals surface area contributed by atoms with Crippen LogP contribution in [0, 0.1) is 12.8 Å². The van der Waals surface area contributed by atoms with E-state index in [1.165, 1.54) is 4.90 Å². The van der Waals surface area contributed by atoms with Crippen molar-refractivity contribution in [2.75, 3.05) is 26.7 Å². The topological polar surface area (TPSA) is 89.6 Å². The molecule has 142 valence electrons. The van der Waals surface area contributed by atoms with Gasteiger partial charge in [-0.3, -0.25) is 14.5 Å². The Morgan fingerprint density at radius 3 is 2.50 bits per heavy atom. The molecule has 0 saturated carbocycles. The minimum absolute atomic E-state index is 0.00980. The number of aromatic amines is 1. The number of nitrogens with one attached hydrogen (secondary N) is 1. The van der Waals surface area contributed by atoms with Crippen LogP contribution in [-0.4, -0.2) is 74.7 Å². The molecule has 0 radical (unpaired) electrons. The first kappa shape index (κ1) is 18.4. The van der Waals surface area contributed by atoms with Crippen molar-refractivity contribution in [3.8, 4) is 0 Å². The number of aryl methyl sites for hydroxylation is 1. The zero-order valence-electron chi connectivity index (χ0n) is 15.9. The van der Waals surface area contributed by atoms with E-state index < -0.39 is 5.54 Å². The van der Waals surface area contributed by atoms with Crippen LogP contribution in [0.4, 0.5) is 4.79 Å². The predicted octanol–water partition coefficient (Wildman–Crippen LogP) is 1.17. The number of carbonyl (C=O) groups is 3. The lowest BCUT2D eigenvalue weighted by molar-refractivity contribution is -0.140. The Hall–Kier alpha value is -2.38. The monoisotopic (exact) mass is 361 g/mol. The lowest BCUT2D eigenvalue weighted by Gasteiger charge is -2.42. The summed E-state index contributed by atoms with van der Waals surface area (Å²) in [6, 6.07) is -0.226. The lowest BCUT2D eigenvalue weighted by Crippen LogP contribution is -2.58. The van der Waals surface area contributed by atoms with Crippen LogP contribution in [0.2, 0.25) is 0 Å². The number of carbonyl (C=O) groups excluding carboxylic acids is 3. The van der Waals surface area contributed by atoms with Gasteiger partial charge in [0.15, 0.2) is 0 Å². The third kappa shape index (κ3) is 2.97. The molecule has 4 amide bonds. The molecule has 0 aliphatic carbocycles. The number of aromatic nitrogens is 2. The number of hydrogen-bond acceptors (Lipinski definition) is 4. The Balaban J connectivity index is 1.71. The minimum Gasteiger partial charge on any atom is -0.348 e. The van der Waals surface area contributed by atoms with Crippen molar-refractivity contribution < 1.29 is 14.4 Å². The highest BCUT2D eigenvalue weighted by Gasteiger charge is 2.57. The molecule has 2 aliphatic rings. The zero-order chi connectivity index (χ0) is 19.1. The van der Waals surface area contributed by atoms with Gasteiger partial charge in [0.1, 0.15) is 5.54 Å². The molecule has 3 heterocycles. The summed E-state index contributed by atoms with van der Waals surface area (Å²) in [6.07, 6.45) is 2.82. The average Bonchev–Trinajstić information content (AvgIpc) is 3.07. The number of rotatable bonds is 4. The molecule has 1 N–H and O–H groups in total. The Kier molecular flexibility index (Phi) is 4.77. The minimum atomic E-state index is -0.796. The SMILES string of the molecule is Cc1[nH]cnc1CC(=O)N1CCC2(CC1)C(=O)N(C)C(=O)N2CC(C)C. The lowest BCUT2D eigenvalue weighted by atomic mass is 9.85. The molecule has 1 spiro atoms. The molecule has 8 heteroatoms. The van der Waals surface area contributed by atoms with Gasteiger partial charge in [-0.1, -0.05) is 13.8 Å². The van der Waals surface area contributed by atoms with E-state index in [1.54, 1.807) is 23.2 Å². The fourth-order valence-electron chi connectivity index (χ4n) is 3.93. The molecule has 0 unspecified atom stereocenters. The van der Waals surface area contributed by atoms with Crippen LogP contribution < -0.4 is 0 Å². The van der Waals surface area contributed by atoms with Crippen LogP contribution in [0.1, 0.15) is 38.1 Å². The van der Waals surface area contributed by atoms with E-state index in [9.17, 15) is 14.4 Å². The Morgan fingerprint density at radius 2 is 1.96 bits per heavy atom. The second kappa shape index (κ2) is 6.74. The number of imide groups is 1. The summed E-state index contributed by atoms with van der Waals surface area (Å²) in [5, 5.41) is 0. The van der Waals surface area contributed by atoms with E-state index in [-0.39, 0.29) is 30.2 Å². The molecule has 8 nitrogen and oxygen atoms in total. The molecule has 1 aromatic rings. The van der Waals surface area contributed by atoms with Crippen LogP contribution in [0.25, 0.3) is 0 Å². The maximum absolute atomic E-state index is 12.8. The van der Waals surface area contributed by atoms with Crippen LogP contribution in [-0.2, 0) is 16.0 Å². The van der Waals surface area contributed by atoms with Crippen LogP contribution in [0.15, 0.2) is 6.33 Å². The van der Waals surface area contributed by atoms with Gasteiger partial charge in [-0.05, 0) is 25.7 Å². The Bertz CT molecular complexity index is 718. The molecule has 0 bridgehead atoms. The summed E-state index contributed by atoms with van der Waals surface area (Å²) in [4.78, 5) is 49.8. The van der Waals surface area contributed by atoms with Crippen molar-refractivity contribution in [2.24, 2.45) is 5.92 Å². The summed E-state index contributed by atoms with van der Waals surface area (Å²) in [5.41, 5.74) is 0.853. The number of nitrogens with zero attached hydrogens (tertiary/aromatic N) is 4. The number of urea groups is 1. The summed E-state index contributed by atoms with van der Waals surface area (Å²) in [6.45, 7) is 7.47. The van der Waals surface area contributed by atoms with Gasteiger partial charge in [-0.15, -0.1) is 0 Å². The summed E-state index contributed by atoms with van der Waals surface area (Å²) >= 11 is 0. The molecular weight excluding hydrogens is 334 g/mol. The van der Waals surface area contributed by atoms with Gasteiger partial charge >= 0.3 is 6.03 Å². The highest BCUT2D eigenvalue weighted by molar-refractivity contribution is 6.07. The number of likely N-dealkylation sites (tertiary alicyclic amines) is 1. The van der Waals surface area contributed by atoms with E-state index >= 15 is 0 Å². The fourth-order valence-corrected chi connectivity index (χ4v) is 3.93. The van der Waals surface area contributed by atoms with Crippen molar-refractivity contribution in [1.82, 2.24) is 24.7 Å². The predicted molar refractivity (Wildman–Crippen MR) is 95.3 cm³/mol. The van der Waals surface area contributed by atoms with Crippen molar-refractivity contribution in [1.29, 1.82) is 0 Å². The maximum Gasteiger partial charge on any atom is 0.327 e. The molecule has 0 atom stereocenters. The first-order chi connectivity index (χ1) is 12.3. The van der Waals surface area contributed by atoms with Gasteiger partial charge in [0, 0.05) is 32.4 Å². The van der Waals surface area contributed by atoms with E-state index in [0.717, 1.165) is 11.4 Å². The molecule has 3 rings (SSSR count). The number of imidazole rings is 1. The maximum atomic E-state index is 12.8. The summed E-state index contributed by atoms with van der Waals surface area (Å²) < 4.78 is 0. The second-order valence-electron chi connectivity index (χ2n) is 7.71. The van der Waals surface area contributed by atoms with Crippen LogP contribution in [0.5, 0.6) is 0 Å². The third-order valence-corrected chi connectivity index (χ3v) is 5.48. The number of piperidine rings is 1. The van der Waals surface area contributed by atoms with E-state index in [4.69, 9.17) is 0 Å². The standard InChI is InChI=1S/C18H27N5O3/c1-12(2)10-23-17(26)21(4)16(25)18(23)5-7-22(8-6-18)15(24)9-14-13(3)19-11-20-14/h11-12H,5-10H2,1-4H3,(H,19,20). The molecule has 1 aromatic heterocycles. The third-order valence-electron chi connectivity index (χ3n) is 5.48. The summed E-state index contributed by atoms with van der Waals surface area (Å²) in [5.74, 6) is 0.145. The number of hydrogen-bond donors (Lipinski definition) is 1. The van der Waals surface area contributed by atoms with Gasteiger partial charge in [-0.2, -0.15) is 0 Å². The Labute approximate surface area is 153 Å². The smallest absolute Gasteiger partial charge is 0.327 e. The molecule has 2 fully saturated rings. The highest BCUT2D eigenvalue weighted by Crippen LogP contribution is 2.37. The normalized spacial score (nSPS) is 20.0. The van der Waals surface area contributed by atoms with Crippen LogP contribution in [0.3, 0.4) is 0 Å². The molecule has 2 aliphatic heterocycles. The van der Waals surface area contributed by atoms with Gasteiger partial charge in [-0.25, -0.2) is 9.78 Å². The zero-order valence-corrected chi connectivity index (χ0v) is 15.9. The van der Waals surface area contributed by atoms with Gasteiger partial charge in [0.25, 0.3) is 5.91 Å². The fraction of sp³-hybridized carbons (Fsp3) is 0.667. The number of H-pyrrole nitrogens is 1. The van der Waals surface area contributed by atoms with Gasteiger partial charge in [0.2, 0.25) is 5.91 Å². The highest BCUT2D eigenvalue weighted by atomic mass is 16.2. The van der Waals surface area contributed by atoms with Crippen LogP contribution >= 0.6 is 0 Å². The first-order valence-corrected chi connectivity index (χ1v) is 9.12. The summed E-state index contributed by atoms with van der Waals surface area (Å²) in [7, 11) is 1.55. The van der Waals surface area contributed by atoms with Crippen molar-refractivity contribution >= 4 is 17.8 Å². The Morgan fingerprint density at radius 1 is 1.31 bits per heavy atom. The molecular formula is C18H27N5O3. The average molecular weight is 361 g/mol. The molecule has 26 heavy (non-hydrogen) atoms. The van der Waals surface area contributed by atoms with Gasteiger partial charge in [0.05, 0.1) is 18.4 Å². The van der Waals surface area contributed by atoms with Crippen molar-refractivity contribution in [3.05, 3.63) is 17.7 Å². The van der Waals surface area contributed by atoms with E-state index in [0.29, 0.717) is 32.5 Å². The van der Waals surface area contributed by atoms with Crippen molar-refractivity contribution in [3.63, 3.8) is 0 Å².